The third-order valence-electron chi connectivity index (χ3n) is 16.7. The highest BCUT2D eigenvalue weighted by atomic mass is 16.7. The van der Waals surface area contributed by atoms with Crippen molar-refractivity contribution in [1.29, 1.82) is 0 Å². The van der Waals surface area contributed by atoms with Crippen LogP contribution < -0.4 is 4.90 Å². The van der Waals surface area contributed by atoms with Crippen molar-refractivity contribution in [2.45, 2.75) is 165 Å². The summed E-state index contributed by atoms with van der Waals surface area (Å²) < 4.78 is 50.9. The number of rotatable bonds is 11. The number of allylic oxidation sites excluding steroid dienone is 2. The SMILES string of the molecule is CC[C@H]1CCC[C@H](O[C@H]2CC[C@H](N(C)C)C(C)O2)[C@@H](C)C(=O)C2=C[C@H]3[C@@H]4C[C@H](O[C@@H]5OC(C)[C@H](OC)C(OC)[C@@H]5OC)C[C@H]4[C@@H]4[C@H]([C@H]3[C@@H]2CC(=O)O1)N4c1ccc(-c2ccccc2)cc1. The number of Topliss-reactive ketones (excluding diaryl/α,β-unsaturated/α-hetero) is 1. The average Bonchev–Trinajstić information content (AvgIpc) is 3.71. The molecule has 0 bridgehead atoms. The van der Waals surface area contributed by atoms with Crippen LogP contribution in [-0.2, 0) is 47.5 Å². The fourth-order valence-corrected chi connectivity index (χ4v) is 13.4. The summed E-state index contributed by atoms with van der Waals surface area (Å²) in [6.07, 6.45) is 5.89. The Morgan fingerprint density at radius 3 is 2.14 bits per heavy atom. The van der Waals surface area contributed by atoms with Gasteiger partial charge in [0.05, 0.1) is 42.9 Å². The molecule has 0 radical (unpaired) electrons. The molecule has 356 valence electrons. The quantitative estimate of drug-likeness (QED) is 0.162. The van der Waals surface area contributed by atoms with Crippen LogP contribution in [0.5, 0.6) is 0 Å². The Labute approximate surface area is 386 Å². The van der Waals surface area contributed by atoms with Crippen molar-refractivity contribution in [3.8, 4) is 11.1 Å². The molecule has 12 heteroatoms. The van der Waals surface area contributed by atoms with Crippen molar-refractivity contribution in [2.75, 3.05) is 40.3 Å². The van der Waals surface area contributed by atoms with Crippen LogP contribution in [0.1, 0.15) is 85.5 Å². The molecule has 0 amide bonds. The van der Waals surface area contributed by atoms with E-state index in [0.29, 0.717) is 18.4 Å². The second-order valence-electron chi connectivity index (χ2n) is 20.4. The first-order valence-corrected chi connectivity index (χ1v) is 24.7. The molecule has 4 heterocycles. The number of hydrogen-bond donors (Lipinski definition) is 0. The number of nitrogens with zero attached hydrogens (tertiary/aromatic N) is 2. The van der Waals surface area contributed by atoms with Crippen LogP contribution in [0.4, 0.5) is 5.69 Å². The molecule has 2 aromatic rings. The number of carbonyl (C=O) groups is 2. The minimum atomic E-state index is -0.633. The summed E-state index contributed by atoms with van der Waals surface area (Å²) in [4.78, 5) is 34.3. The van der Waals surface area contributed by atoms with Gasteiger partial charge in [-0.3, -0.25) is 9.59 Å². The highest BCUT2D eigenvalue weighted by Gasteiger charge is 2.69. The Kier molecular flexibility index (Phi) is 14.3. The summed E-state index contributed by atoms with van der Waals surface area (Å²) >= 11 is 0. The first-order chi connectivity index (χ1) is 31.4. The highest BCUT2D eigenvalue weighted by molar-refractivity contribution is 5.99. The van der Waals surface area contributed by atoms with Crippen molar-refractivity contribution < 1.29 is 47.5 Å². The van der Waals surface area contributed by atoms with Gasteiger partial charge >= 0.3 is 5.97 Å². The number of methoxy groups -OCH3 is 3. The highest BCUT2D eigenvalue weighted by Crippen LogP contribution is 2.65. The first kappa shape index (κ1) is 46.9. The molecule has 6 fully saturated rings. The van der Waals surface area contributed by atoms with E-state index in [-0.39, 0.29) is 103 Å². The van der Waals surface area contributed by atoms with Crippen molar-refractivity contribution in [1.82, 2.24) is 4.90 Å². The number of likely N-dealkylation sites (N-methyl/N-ethyl adjacent to an activating group) is 1. The molecule has 2 aromatic carbocycles. The zero-order chi connectivity index (χ0) is 45.7. The van der Waals surface area contributed by atoms with Gasteiger partial charge in [0.15, 0.2) is 18.4 Å². The second kappa shape index (κ2) is 19.8. The van der Waals surface area contributed by atoms with Gasteiger partial charge in [-0.15, -0.1) is 0 Å². The van der Waals surface area contributed by atoms with Crippen LogP contribution >= 0.6 is 0 Å². The second-order valence-corrected chi connectivity index (χ2v) is 20.4. The molecule has 3 aliphatic carbocycles. The molecule has 0 spiro atoms. The van der Waals surface area contributed by atoms with E-state index in [9.17, 15) is 4.79 Å². The Hall–Kier alpha value is -3.20. The molecule has 4 saturated heterocycles. The zero-order valence-electron chi connectivity index (χ0n) is 40.1. The van der Waals surface area contributed by atoms with Crippen LogP contribution in [-0.4, -0.2) is 132 Å². The topological polar surface area (TPSA) is 114 Å². The summed E-state index contributed by atoms with van der Waals surface area (Å²) in [5.41, 5.74) is 4.30. The zero-order valence-corrected chi connectivity index (χ0v) is 40.1. The fourth-order valence-electron chi connectivity index (χ4n) is 13.4. The lowest BCUT2D eigenvalue weighted by atomic mass is 9.66. The van der Waals surface area contributed by atoms with Crippen LogP contribution in [0.15, 0.2) is 66.2 Å². The van der Waals surface area contributed by atoms with Gasteiger partial charge in [0.25, 0.3) is 0 Å². The Morgan fingerprint density at radius 2 is 1.46 bits per heavy atom. The maximum atomic E-state index is 15.3. The molecular formula is C53H74N2O10. The molecule has 7 aliphatic rings. The molecule has 65 heavy (non-hydrogen) atoms. The summed E-state index contributed by atoms with van der Waals surface area (Å²) in [6.45, 7) is 8.25. The summed E-state index contributed by atoms with van der Waals surface area (Å²) in [5, 5.41) is 0. The predicted octanol–water partition coefficient (Wildman–Crippen LogP) is 7.86. The number of hydrogen-bond acceptors (Lipinski definition) is 12. The van der Waals surface area contributed by atoms with E-state index in [1.807, 2.05) is 19.9 Å². The van der Waals surface area contributed by atoms with Gasteiger partial charge in [-0.2, -0.15) is 0 Å². The van der Waals surface area contributed by atoms with Gasteiger partial charge in [-0.05, 0) is 132 Å². The largest absolute Gasteiger partial charge is 0.462 e. The van der Waals surface area contributed by atoms with E-state index >= 15 is 4.79 Å². The molecule has 12 nitrogen and oxygen atoms in total. The van der Waals surface area contributed by atoms with E-state index in [2.05, 4.69) is 92.3 Å². The number of carbonyl (C=O) groups excluding carboxylic acids is 2. The smallest absolute Gasteiger partial charge is 0.306 e. The monoisotopic (exact) mass is 899 g/mol. The number of benzene rings is 2. The third-order valence-corrected chi connectivity index (χ3v) is 16.7. The lowest BCUT2D eigenvalue weighted by Crippen LogP contribution is -2.59. The number of cyclic esters (lactones) is 1. The van der Waals surface area contributed by atoms with Crippen molar-refractivity contribution >= 4 is 17.4 Å². The number of fused-ring (bicyclic) bond motifs is 8. The number of anilines is 1. The molecule has 0 N–H and O–H groups in total. The summed E-state index contributed by atoms with van der Waals surface area (Å²) in [5.74, 6) is -0.115. The molecule has 19 atom stereocenters. The maximum absolute atomic E-state index is 15.3. The average molecular weight is 899 g/mol. The normalized spacial score (nSPS) is 41.9. The first-order valence-electron chi connectivity index (χ1n) is 24.7. The van der Waals surface area contributed by atoms with Gasteiger partial charge in [0.1, 0.15) is 24.4 Å². The van der Waals surface area contributed by atoms with Crippen molar-refractivity contribution in [3.63, 3.8) is 0 Å². The van der Waals surface area contributed by atoms with Crippen molar-refractivity contribution in [2.24, 2.45) is 35.5 Å². The van der Waals surface area contributed by atoms with E-state index in [1.54, 1.807) is 21.3 Å². The van der Waals surface area contributed by atoms with Gasteiger partial charge in [0.2, 0.25) is 0 Å². The summed E-state index contributed by atoms with van der Waals surface area (Å²) in [7, 11) is 9.22. The minimum absolute atomic E-state index is 0.0169. The lowest BCUT2D eigenvalue weighted by molar-refractivity contribution is -0.314. The maximum Gasteiger partial charge on any atom is 0.306 e. The van der Waals surface area contributed by atoms with Crippen LogP contribution in [0.25, 0.3) is 11.1 Å². The standard InChI is InChI=1S/C53H74N2O10/c1-10-35-17-14-18-43(65-45-24-23-42(54(5)6)30(3)61-45)29(2)49(57)41-27-38-37-25-36(64-53-52(60-9)51(59-8)50(58-7)31(4)62-53)26-40(37)47-48(46(38)39(41)28-44(56)63-35)55(47)34-21-19-33(20-22-34)32-15-12-11-13-16-32/h11-13,15-16,19-22,27,29-31,35-40,42-43,45-48,50-53H,10,14,17-18,23-26,28H2,1-9H3/t29-,30?,31?,35+,36+,37+,38+,39-,40-,42+,43+,45+,46-,47-,48+,50+,51?,52+,53+,55?/m1/s1. The third kappa shape index (κ3) is 9.12. The van der Waals surface area contributed by atoms with E-state index in [1.165, 1.54) is 16.8 Å². The Balaban J connectivity index is 1.04. The summed E-state index contributed by atoms with van der Waals surface area (Å²) in [6, 6.07) is 20.1. The Bertz CT molecular complexity index is 1980. The fraction of sp³-hybridized carbons (Fsp3) is 0.698. The van der Waals surface area contributed by atoms with Crippen molar-refractivity contribution in [3.05, 3.63) is 66.2 Å². The van der Waals surface area contributed by atoms with Gasteiger partial charge in [0, 0.05) is 44.9 Å². The molecule has 9 rings (SSSR count). The van der Waals surface area contributed by atoms with Crippen LogP contribution in [0.2, 0.25) is 0 Å². The Morgan fingerprint density at radius 1 is 0.754 bits per heavy atom. The lowest BCUT2D eigenvalue weighted by Gasteiger charge is -2.44. The van der Waals surface area contributed by atoms with E-state index in [4.69, 9.17) is 37.9 Å². The number of ketones is 1. The van der Waals surface area contributed by atoms with Crippen LogP contribution in [0.3, 0.4) is 0 Å². The van der Waals surface area contributed by atoms with E-state index < -0.39 is 18.3 Å². The molecule has 3 unspecified atom stereocenters. The predicted molar refractivity (Wildman–Crippen MR) is 247 cm³/mol. The molecule has 0 aromatic heterocycles. The minimum Gasteiger partial charge on any atom is -0.462 e. The molecule has 4 aliphatic heterocycles. The number of esters is 1. The molecular weight excluding hydrogens is 825 g/mol. The number of ether oxygens (including phenoxy) is 8. The van der Waals surface area contributed by atoms with E-state index in [0.717, 1.165) is 50.5 Å². The van der Waals surface area contributed by atoms with Crippen LogP contribution in [0, 0.1) is 35.5 Å². The van der Waals surface area contributed by atoms with Gasteiger partial charge < -0.3 is 47.7 Å². The van der Waals surface area contributed by atoms with Gasteiger partial charge in [-0.25, -0.2) is 0 Å². The molecule has 2 saturated carbocycles. The van der Waals surface area contributed by atoms with Gasteiger partial charge in [-0.1, -0.05) is 62.4 Å².